The van der Waals surface area contributed by atoms with Crippen LogP contribution in [0.25, 0.3) is 0 Å². The second kappa shape index (κ2) is 13.9. The van der Waals surface area contributed by atoms with E-state index in [0.717, 1.165) is 0 Å². The molecule has 0 aliphatic rings. The summed E-state index contributed by atoms with van der Waals surface area (Å²) in [6, 6.07) is -3.33. The number of rotatable bonds is 15. The SMILES string of the molecule is NCCCC[C@H](NC(=O)[C@H](CC(N)=O)NC(=O)[C@@H](N)CCCCN)C(=O)O. The Balaban J connectivity index is 4.88. The van der Waals surface area contributed by atoms with Crippen molar-refractivity contribution >= 4 is 23.7 Å². The number of nitrogens with one attached hydrogen (secondary N) is 2. The zero-order chi connectivity index (χ0) is 20.8. The van der Waals surface area contributed by atoms with Crippen LogP contribution in [0.4, 0.5) is 0 Å². The average molecular weight is 388 g/mol. The number of carbonyl (C=O) groups is 4. The van der Waals surface area contributed by atoms with Gasteiger partial charge in [0.05, 0.1) is 12.5 Å². The van der Waals surface area contributed by atoms with Gasteiger partial charge in [-0.05, 0) is 45.2 Å². The van der Waals surface area contributed by atoms with Gasteiger partial charge in [-0.25, -0.2) is 4.79 Å². The second-order valence-electron chi connectivity index (χ2n) is 6.31. The monoisotopic (exact) mass is 388 g/mol. The van der Waals surface area contributed by atoms with Crippen molar-refractivity contribution in [2.24, 2.45) is 22.9 Å². The number of nitrogens with two attached hydrogens (primary N) is 4. The number of hydrogen-bond acceptors (Lipinski definition) is 7. The number of aliphatic carboxylic acids is 1. The van der Waals surface area contributed by atoms with Gasteiger partial charge >= 0.3 is 5.97 Å². The van der Waals surface area contributed by atoms with Crippen LogP contribution in [-0.2, 0) is 19.2 Å². The smallest absolute Gasteiger partial charge is 0.326 e. The van der Waals surface area contributed by atoms with Crippen molar-refractivity contribution in [3.63, 3.8) is 0 Å². The minimum absolute atomic E-state index is 0.175. The first-order valence-electron chi connectivity index (χ1n) is 9.00. The number of carbonyl (C=O) groups excluding carboxylic acids is 3. The summed E-state index contributed by atoms with van der Waals surface area (Å²) in [5.41, 5.74) is 21.6. The zero-order valence-electron chi connectivity index (χ0n) is 15.5. The van der Waals surface area contributed by atoms with Crippen molar-refractivity contribution in [1.82, 2.24) is 10.6 Å². The van der Waals surface area contributed by atoms with Crippen LogP contribution >= 0.6 is 0 Å². The molecule has 0 aromatic carbocycles. The lowest BCUT2D eigenvalue weighted by Crippen LogP contribution is -2.55. The van der Waals surface area contributed by atoms with Gasteiger partial charge in [0.15, 0.2) is 0 Å². The molecule has 0 aliphatic carbocycles. The first-order valence-corrected chi connectivity index (χ1v) is 9.00. The highest BCUT2D eigenvalue weighted by molar-refractivity contribution is 5.94. The Hall–Kier alpha value is -2.24. The second-order valence-corrected chi connectivity index (χ2v) is 6.31. The molecule has 3 atom stereocenters. The molecule has 0 bridgehead atoms. The maximum atomic E-state index is 12.4. The van der Waals surface area contributed by atoms with Gasteiger partial charge in [-0.2, -0.15) is 0 Å². The molecule has 11 N–H and O–H groups in total. The van der Waals surface area contributed by atoms with Crippen molar-refractivity contribution in [2.75, 3.05) is 13.1 Å². The summed E-state index contributed by atoms with van der Waals surface area (Å²) in [6.07, 6.45) is 2.53. The van der Waals surface area contributed by atoms with Crippen molar-refractivity contribution in [2.45, 2.75) is 63.1 Å². The highest BCUT2D eigenvalue weighted by Gasteiger charge is 2.28. The summed E-state index contributed by atoms with van der Waals surface area (Å²) >= 11 is 0. The first kappa shape index (κ1) is 24.8. The topological polar surface area (TPSA) is 217 Å². The standard InChI is InChI=1S/C16H32N6O5/c17-7-3-1-5-10(19)14(24)22-12(9-13(20)23)15(25)21-11(16(26)27)6-2-4-8-18/h10-12H,1-9,17-19H2,(H2,20,23)(H,21,25)(H,22,24)(H,26,27)/t10-,11-,12-/m0/s1. The maximum absolute atomic E-state index is 12.4. The Labute approximate surface area is 158 Å². The molecule has 0 radical (unpaired) electrons. The number of primary amides is 1. The van der Waals surface area contributed by atoms with E-state index in [1.807, 2.05) is 0 Å². The molecule has 0 unspecified atom stereocenters. The average Bonchev–Trinajstić information content (AvgIpc) is 2.59. The van der Waals surface area contributed by atoms with Crippen LogP contribution < -0.4 is 33.6 Å². The van der Waals surface area contributed by atoms with E-state index in [1.165, 1.54) is 0 Å². The largest absolute Gasteiger partial charge is 0.480 e. The van der Waals surface area contributed by atoms with Gasteiger partial charge in [0.2, 0.25) is 17.7 Å². The fraction of sp³-hybridized carbons (Fsp3) is 0.750. The van der Waals surface area contributed by atoms with Crippen LogP contribution in [0, 0.1) is 0 Å². The maximum Gasteiger partial charge on any atom is 0.326 e. The quantitative estimate of drug-likeness (QED) is 0.148. The molecular weight excluding hydrogens is 356 g/mol. The van der Waals surface area contributed by atoms with Gasteiger partial charge < -0.3 is 38.7 Å². The molecular formula is C16H32N6O5. The fourth-order valence-electron chi connectivity index (χ4n) is 2.35. The molecule has 11 nitrogen and oxygen atoms in total. The molecule has 27 heavy (non-hydrogen) atoms. The molecule has 0 saturated heterocycles. The fourth-order valence-corrected chi connectivity index (χ4v) is 2.35. The molecule has 0 rings (SSSR count). The summed E-state index contributed by atoms with van der Waals surface area (Å²) < 4.78 is 0. The normalized spacial score (nSPS) is 14.0. The molecule has 0 saturated carbocycles. The van der Waals surface area contributed by atoms with Crippen molar-refractivity contribution in [1.29, 1.82) is 0 Å². The van der Waals surface area contributed by atoms with Crippen molar-refractivity contribution in [3.05, 3.63) is 0 Å². The lowest BCUT2D eigenvalue weighted by Gasteiger charge is -2.22. The van der Waals surface area contributed by atoms with Gasteiger partial charge in [0.1, 0.15) is 12.1 Å². The molecule has 0 fully saturated rings. The van der Waals surface area contributed by atoms with E-state index in [4.69, 9.17) is 22.9 Å². The van der Waals surface area contributed by atoms with Crippen LogP contribution in [0.15, 0.2) is 0 Å². The first-order chi connectivity index (χ1) is 12.7. The molecule has 11 heteroatoms. The Bertz CT molecular complexity index is 502. The third kappa shape index (κ3) is 11.2. The van der Waals surface area contributed by atoms with Crippen LogP contribution in [0.5, 0.6) is 0 Å². The highest BCUT2D eigenvalue weighted by Crippen LogP contribution is 2.04. The number of hydrogen-bond donors (Lipinski definition) is 7. The van der Waals surface area contributed by atoms with Crippen LogP contribution in [0.2, 0.25) is 0 Å². The van der Waals surface area contributed by atoms with E-state index in [0.29, 0.717) is 45.2 Å². The van der Waals surface area contributed by atoms with E-state index in [-0.39, 0.29) is 6.42 Å². The van der Waals surface area contributed by atoms with E-state index in [1.54, 1.807) is 0 Å². The Morgan fingerprint density at radius 2 is 1.33 bits per heavy atom. The van der Waals surface area contributed by atoms with Crippen LogP contribution in [0.1, 0.15) is 44.9 Å². The number of unbranched alkanes of at least 4 members (excludes halogenated alkanes) is 2. The van der Waals surface area contributed by atoms with E-state index < -0.39 is 48.2 Å². The summed E-state index contributed by atoms with van der Waals surface area (Å²) in [5.74, 6) is -3.47. The number of carboxylic acid groups (broad SMARTS) is 1. The van der Waals surface area contributed by atoms with E-state index >= 15 is 0 Å². The summed E-state index contributed by atoms with van der Waals surface area (Å²) in [5, 5.41) is 13.9. The van der Waals surface area contributed by atoms with Crippen molar-refractivity contribution < 1.29 is 24.3 Å². The number of amides is 3. The third-order valence-corrected chi connectivity index (χ3v) is 3.91. The molecule has 0 aromatic rings. The van der Waals surface area contributed by atoms with Gasteiger partial charge in [-0.1, -0.05) is 6.42 Å². The van der Waals surface area contributed by atoms with Crippen molar-refractivity contribution in [3.8, 4) is 0 Å². The summed E-state index contributed by atoms with van der Waals surface area (Å²) in [7, 11) is 0. The summed E-state index contributed by atoms with van der Waals surface area (Å²) in [4.78, 5) is 47.0. The lowest BCUT2D eigenvalue weighted by molar-refractivity contribution is -0.142. The molecule has 0 aromatic heterocycles. The Morgan fingerprint density at radius 1 is 0.815 bits per heavy atom. The van der Waals surface area contributed by atoms with Gasteiger partial charge in [-0.15, -0.1) is 0 Å². The van der Waals surface area contributed by atoms with Gasteiger partial charge in [0.25, 0.3) is 0 Å². The number of carboxylic acids is 1. The predicted octanol–water partition coefficient (Wildman–Crippen LogP) is -2.50. The molecule has 3 amide bonds. The molecule has 0 heterocycles. The Kier molecular flexibility index (Phi) is 12.7. The van der Waals surface area contributed by atoms with Gasteiger partial charge in [-0.3, -0.25) is 14.4 Å². The van der Waals surface area contributed by atoms with E-state index in [2.05, 4.69) is 10.6 Å². The van der Waals surface area contributed by atoms with Crippen LogP contribution in [-0.4, -0.2) is 60.0 Å². The predicted molar refractivity (Wildman–Crippen MR) is 99.1 cm³/mol. The zero-order valence-corrected chi connectivity index (χ0v) is 15.5. The van der Waals surface area contributed by atoms with Crippen LogP contribution in [0.3, 0.4) is 0 Å². The van der Waals surface area contributed by atoms with E-state index in [9.17, 15) is 24.3 Å². The third-order valence-electron chi connectivity index (χ3n) is 3.91. The minimum Gasteiger partial charge on any atom is -0.480 e. The van der Waals surface area contributed by atoms with Gasteiger partial charge in [0, 0.05) is 0 Å². The lowest BCUT2D eigenvalue weighted by atomic mass is 10.1. The molecule has 0 spiro atoms. The highest BCUT2D eigenvalue weighted by atomic mass is 16.4. The summed E-state index contributed by atoms with van der Waals surface area (Å²) in [6.45, 7) is 0.879. The Morgan fingerprint density at radius 3 is 1.81 bits per heavy atom. The molecule has 156 valence electrons. The molecule has 0 aliphatic heterocycles. The minimum atomic E-state index is -1.30.